The SMILES string of the molecule is CCc1ccsc1CNC(=O)c1cccc2c1OCCN2. The van der Waals surface area contributed by atoms with Crippen LogP contribution in [0.4, 0.5) is 5.69 Å². The molecule has 0 spiro atoms. The van der Waals surface area contributed by atoms with Crippen molar-refractivity contribution in [3.05, 3.63) is 45.6 Å². The smallest absolute Gasteiger partial charge is 0.255 e. The van der Waals surface area contributed by atoms with Gasteiger partial charge in [-0.1, -0.05) is 13.0 Å². The Morgan fingerprint density at radius 1 is 1.43 bits per heavy atom. The summed E-state index contributed by atoms with van der Waals surface area (Å²) >= 11 is 1.68. The third-order valence-electron chi connectivity index (χ3n) is 3.55. The number of nitrogens with one attached hydrogen (secondary N) is 2. The van der Waals surface area contributed by atoms with Crippen LogP contribution in [0, 0.1) is 0 Å². The van der Waals surface area contributed by atoms with Crippen LogP contribution >= 0.6 is 11.3 Å². The van der Waals surface area contributed by atoms with Crippen molar-refractivity contribution in [2.45, 2.75) is 19.9 Å². The Kier molecular flexibility index (Phi) is 4.10. The van der Waals surface area contributed by atoms with E-state index < -0.39 is 0 Å². The van der Waals surface area contributed by atoms with Crippen molar-refractivity contribution in [2.75, 3.05) is 18.5 Å². The first-order chi connectivity index (χ1) is 10.3. The molecule has 4 nitrogen and oxygen atoms in total. The summed E-state index contributed by atoms with van der Waals surface area (Å²) in [6.45, 7) is 4.05. The van der Waals surface area contributed by atoms with Gasteiger partial charge in [0, 0.05) is 11.4 Å². The van der Waals surface area contributed by atoms with Crippen LogP contribution in [0.5, 0.6) is 5.75 Å². The Bertz CT molecular complexity index is 651. The van der Waals surface area contributed by atoms with E-state index in [9.17, 15) is 4.79 Å². The van der Waals surface area contributed by atoms with Crippen LogP contribution in [0.2, 0.25) is 0 Å². The Balaban J connectivity index is 1.74. The Morgan fingerprint density at radius 2 is 2.33 bits per heavy atom. The number of amides is 1. The van der Waals surface area contributed by atoms with Gasteiger partial charge >= 0.3 is 0 Å². The number of hydrogen-bond donors (Lipinski definition) is 2. The van der Waals surface area contributed by atoms with Crippen molar-refractivity contribution in [1.29, 1.82) is 0 Å². The second-order valence-electron chi connectivity index (χ2n) is 4.86. The van der Waals surface area contributed by atoms with Crippen LogP contribution in [0.25, 0.3) is 0 Å². The minimum atomic E-state index is -0.0917. The maximum atomic E-state index is 12.4. The molecule has 1 aliphatic heterocycles. The minimum absolute atomic E-state index is 0.0917. The number of hydrogen-bond acceptors (Lipinski definition) is 4. The molecule has 0 radical (unpaired) electrons. The van der Waals surface area contributed by atoms with E-state index in [1.807, 2.05) is 12.1 Å². The maximum Gasteiger partial charge on any atom is 0.255 e. The summed E-state index contributed by atoms with van der Waals surface area (Å²) in [7, 11) is 0. The molecule has 1 aliphatic rings. The summed E-state index contributed by atoms with van der Waals surface area (Å²) in [5.41, 5.74) is 2.78. The minimum Gasteiger partial charge on any atom is -0.489 e. The fourth-order valence-electron chi connectivity index (χ4n) is 2.44. The van der Waals surface area contributed by atoms with Gasteiger partial charge in [-0.3, -0.25) is 4.79 Å². The number of ether oxygens (including phenoxy) is 1. The number of fused-ring (bicyclic) bond motifs is 1. The summed E-state index contributed by atoms with van der Waals surface area (Å²) in [6, 6.07) is 7.72. The van der Waals surface area contributed by atoms with E-state index in [1.54, 1.807) is 17.4 Å². The fourth-order valence-corrected chi connectivity index (χ4v) is 3.36. The lowest BCUT2D eigenvalue weighted by Gasteiger charge is -2.21. The number of anilines is 1. The highest BCUT2D eigenvalue weighted by Crippen LogP contribution is 2.31. The molecule has 0 saturated carbocycles. The third-order valence-corrected chi connectivity index (χ3v) is 4.51. The zero-order valence-corrected chi connectivity index (χ0v) is 12.8. The topological polar surface area (TPSA) is 50.4 Å². The molecule has 2 aromatic rings. The largest absolute Gasteiger partial charge is 0.489 e. The molecular weight excluding hydrogens is 284 g/mol. The van der Waals surface area contributed by atoms with Gasteiger partial charge in [-0.25, -0.2) is 0 Å². The van der Waals surface area contributed by atoms with Crippen LogP contribution in [-0.4, -0.2) is 19.1 Å². The highest BCUT2D eigenvalue weighted by atomic mass is 32.1. The van der Waals surface area contributed by atoms with Gasteiger partial charge in [0.2, 0.25) is 0 Å². The van der Waals surface area contributed by atoms with Crippen molar-refractivity contribution >= 4 is 22.9 Å². The number of carbonyl (C=O) groups is 1. The standard InChI is InChI=1S/C16H18N2O2S/c1-2-11-6-9-21-14(11)10-18-16(19)12-4-3-5-13-15(12)20-8-7-17-13/h3-6,9,17H,2,7-8,10H2,1H3,(H,18,19). The fraction of sp³-hybridized carbons (Fsp3) is 0.312. The van der Waals surface area contributed by atoms with Crippen LogP contribution in [0.1, 0.15) is 27.7 Å². The Morgan fingerprint density at radius 3 is 3.19 bits per heavy atom. The van der Waals surface area contributed by atoms with Crippen molar-refractivity contribution in [3.63, 3.8) is 0 Å². The van der Waals surface area contributed by atoms with Gasteiger partial charge in [0.15, 0.2) is 5.75 Å². The normalized spacial score (nSPS) is 13.0. The molecule has 2 N–H and O–H groups in total. The second-order valence-corrected chi connectivity index (χ2v) is 5.86. The number of thiophene rings is 1. The molecule has 1 aromatic carbocycles. The molecule has 0 bridgehead atoms. The van der Waals surface area contributed by atoms with E-state index in [4.69, 9.17) is 4.74 Å². The van der Waals surface area contributed by atoms with Gasteiger partial charge in [0.25, 0.3) is 5.91 Å². The van der Waals surface area contributed by atoms with Crippen LogP contribution in [-0.2, 0) is 13.0 Å². The lowest BCUT2D eigenvalue weighted by atomic mass is 10.1. The van der Waals surface area contributed by atoms with Crippen molar-refractivity contribution < 1.29 is 9.53 Å². The van der Waals surface area contributed by atoms with E-state index in [1.165, 1.54) is 10.4 Å². The van der Waals surface area contributed by atoms with Gasteiger partial charge in [-0.15, -0.1) is 11.3 Å². The number of para-hydroxylation sites is 1. The predicted molar refractivity (Wildman–Crippen MR) is 85.3 cm³/mol. The first kappa shape index (κ1) is 13.9. The highest BCUT2D eigenvalue weighted by Gasteiger charge is 2.19. The van der Waals surface area contributed by atoms with Gasteiger partial charge < -0.3 is 15.4 Å². The zero-order chi connectivity index (χ0) is 14.7. The van der Waals surface area contributed by atoms with Crippen molar-refractivity contribution in [3.8, 4) is 5.75 Å². The first-order valence-corrected chi connectivity index (χ1v) is 8.00. The molecule has 3 rings (SSSR count). The van der Waals surface area contributed by atoms with Crippen molar-refractivity contribution in [1.82, 2.24) is 5.32 Å². The lowest BCUT2D eigenvalue weighted by molar-refractivity contribution is 0.0947. The van der Waals surface area contributed by atoms with Crippen molar-refractivity contribution in [2.24, 2.45) is 0 Å². The summed E-state index contributed by atoms with van der Waals surface area (Å²) in [5.74, 6) is 0.564. The number of rotatable bonds is 4. The number of carbonyl (C=O) groups excluding carboxylic acids is 1. The van der Waals surface area contributed by atoms with E-state index in [0.717, 1.165) is 18.7 Å². The monoisotopic (exact) mass is 302 g/mol. The molecule has 0 atom stereocenters. The average molecular weight is 302 g/mol. The van der Waals surface area contributed by atoms with E-state index in [-0.39, 0.29) is 5.91 Å². The van der Waals surface area contributed by atoms with Crippen LogP contribution in [0.3, 0.4) is 0 Å². The van der Waals surface area contributed by atoms with E-state index >= 15 is 0 Å². The predicted octanol–water partition coefficient (Wildman–Crippen LogP) is 3.04. The third kappa shape index (κ3) is 2.88. The molecule has 1 amide bonds. The van der Waals surface area contributed by atoms with Crippen LogP contribution < -0.4 is 15.4 Å². The summed E-state index contributed by atoms with van der Waals surface area (Å²) < 4.78 is 5.64. The van der Waals surface area contributed by atoms with Crippen LogP contribution in [0.15, 0.2) is 29.6 Å². The van der Waals surface area contributed by atoms with Gasteiger partial charge in [-0.2, -0.15) is 0 Å². The maximum absolute atomic E-state index is 12.4. The molecule has 0 aliphatic carbocycles. The molecule has 0 fully saturated rings. The molecular formula is C16H18N2O2S. The summed E-state index contributed by atoms with van der Waals surface area (Å²) in [5, 5.41) is 8.30. The van der Waals surface area contributed by atoms with Gasteiger partial charge in [0.05, 0.1) is 17.8 Å². The lowest BCUT2D eigenvalue weighted by Crippen LogP contribution is -2.26. The highest BCUT2D eigenvalue weighted by molar-refractivity contribution is 7.10. The average Bonchev–Trinajstić information content (AvgIpc) is 2.99. The molecule has 2 heterocycles. The van der Waals surface area contributed by atoms with E-state index in [0.29, 0.717) is 24.5 Å². The molecule has 0 saturated heterocycles. The second kappa shape index (κ2) is 6.18. The Labute approximate surface area is 128 Å². The molecule has 110 valence electrons. The zero-order valence-electron chi connectivity index (χ0n) is 11.9. The molecule has 1 aromatic heterocycles. The summed E-state index contributed by atoms with van der Waals surface area (Å²) in [4.78, 5) is 13.6. The Hall–Kier alpha value is -2.01. The van der Waals surface area contributed by atoms with E-state index in [2.05, 4.69) is 29.0 Å². The summed E-state index contributed by atoms with van der Waals surface area (Å²) in [6.07, 6.45) is 0.989. The first-order valence-electron chi connectivity index (χ1n) is 7.12. The number of benzene rings is 1. The van der Waals surface area contributed by atoms with Gasteiger partial charge in [0.1, 0.15) is 6.61 Å². The molecule has 0 unspecified atom stereocenters. The number of aryl methyl sites for hydroxylation is 1. The molecule has 21 heavy (non-hydrogen) atoms. The quantitative estimate of drug-likeness (QED) is 0.912. The van der Waals surface area contributed by atoms with Gasteiger partial charge in [-0.05, 0) is 35.6 Å². The molecule has 5 heteroatoms.